The normalized spacial score (nSPS) is 15.3. The summed E-state index contributed by atoms with van der Waals surface area (Å²) < 4.78 is 12.2. The third-order valence-corrected chi connectivity index (χ3v) is 4.67. The Morgan fingerprint density at radius 3 is 2.78 bits per heavy atom. The lowest BCUT2D eigenvalue weighted by atomic mass is 9.98. The molecule has 4 nitrogen and oxygen atoms in total. The lowest BCUT2D eigenvalue weighted by Crippen LogP contribution is -2.19. The number of halogens is 2. The van der Waals surface area contributed by atoms with Crippen LogP contribution in [0.25, 0.3) is 6.08 Å². The second kappa shape index (κ2) is 6.37. The second-order valence-corrected chi connectivity index (χ2v) is 6.74. The van der Waals surface area contributed by atoms with Crippen LogP contribution >= 0.6 is 31.9 Å². The van der Waals surface area contributed by atoms with E-state index in [0.717, 1.165) is 10.0 Å². The summed E-state index contributed by atoms with van der Waals surface area (Å²) in [5.41, 5.74) is 1.79. The number of benzene rings is 2. The molecule has 1 aliphatic rings. The van der Waals surface area contributed by atoms with Crippen molar-refractivity contribution in [1.82, 2.24) is 0 Å². The zero-order valence-corrected chi connectivity index (χ0v) is 15.3. The lowest BCUT2D eigenvalue weighted by Gasteiger charge is -2.19. The summed E-state index contributed by atoms with van der Waals surface area (Å²) in [7, 11) is 1.47. The number of carbonyl (C=O) groups excluding carboxylic acids is 1. The fourth-order valence-corrected chi connectivity index (χ4v) is 3.13. The SMILES string of the molecule is COc1cc(/C=C2\COc3ccc(Br)cc3C2=O)c(Br)cc1O. The highest BCUT2D eigenvalue weighted by molar-refractivity contribution is 9.10. The summed E-state index contributed by atoms with van der Waals surface area (Å²) in [5, 5.41) is 9.76. The molecule has 0 atom stereocenters. The Morgan fingerprint density at radius 2 is 2.04 bits per heavy atom. The number of phenols is 1. The Bertz CT molecular complexity index is 828. The van der Waals surface area contributed by atoms with Gasteiger partial charge in [0.15, 0.2) is 17.3 Å². The van der Waals surface area contributed by atoms with Gasteiger partial charge in [-0.05, 0) is 42.0 Å². The topological polar surface area (TPSA) is 55.8 Å². The zero-order chi connectivity index (χ0) is 16.6. The third kappa shape index (κ3) is 3.14. The summed E-state index contributed by atoms with van der Waals surface area (Å²) in [5.74, 6) is 0.874. The first-order chi connectivity index (χ1) is 11.0. The van der Waals surface area contributed by atoms with Crippen molar-refractivity contribution in [1.29, 1.82) is 0 Å². The van der Waals surface area contributed by atoms with Crippen LogP contribution in [0.15, 0.2) is 44.9 Å². The maximum Gasteiger partial charge on any atom is 0.196 e. The summed E-state index contributed by atoms with van der Waals surface area (Å²) in [6, 6.07) is 8.55. The smallest absolute Gasteiger partial charge is 0.196 e. The van der Waals surface area contributed by atoms with Gasteiger partial charge in [0.05, 0.1) is 12.7 Å². The number of rotatable bonds is 2. The number of carbonyl (C=O) groups is 1. The van der Waals surface area contributed by atoms with Crippen LogP contribution in [-0.4, -0.2) is 24.6 Å². The van der Waals surface area contributed by atoms with Crippen LogP contribution in [0.3, 0.4) is 0 Å². The van der Waals surface area contributed by atoms with Crippen molar-refractivity contribution in [3.8, 4) is 17.2 Å². The molecule has 0 aromatic heterocycles. The van der Waals surface area contributed by atoms with E-state index < -0.39 is 0 Å². The van der Waals surface area contributed by atoms with Gasteiger partial charge in [-0.25, -0.2) is 0 Å². The average Bonchev–Trinajstić information content (AvgIpc) is 2.53. The van der Waals surface area contributed by atoms with Crippen molar-refractivity contribution in [3.05, 3.63) is 56.0 Å². The molecule has 118 valence electrons. The van der Waals surface area contributed by atoms with E-state index in [1.54, 1.807) is 24.3 Å². The van der Waals surface area contributed by atoms with Crippen LogP contribution in [-0.2, 0) is 0 Å². The van der Waals surface area contributed by atoms with Gasteiger partial charge in [0.25, 0.3) is 0 Å². The Labute approximate surface area is 150 Å². The fourth-order valence-electron chi connectivity index (χ4n) is 2.33. The van der Waals surface area contributed by atoms with Crippen LogP contribution < -0.4 is 9.47 Å². The first kappa shape index (κ1) is 16.1. The van der Waals surface area contributed by atoms with Crippen LogP contribution in [0.1, 0.15) is 15.9 Å². The monoisotopic (exact) mass is 438 g/mol. The predicted molar refractivity (Wildman–Crippen MR) is 94.3 cm³/mol. The molecule has 0 radical (unpaired) electrons. The molecule has 0 spiro atoms. The molecule has 0 saturated carbocycles. The predicted octanol–water partition coefficient (Wildman–Crippen LogP) is 4.58. The summed E-state index contributed by atoms with van der Waals surface area (Å²) in [4.78, 5) is 12.6. The van der Waals surface area contributed by atoms with Gasteiger partial charge >= 0.3 is 0 Å². The standard InChI is InChI=1S/C17H12Br2O4/c1-22-16-5-9(13(19)7-14(16)20)4-10-8-23-15-3-2-11(18)6-12(15)17(10)21/h2-7,20H,8H2,1H3/b10-4+. The van der Waals surface area contributed by atoms with E-state index in [0.29, 0.717) is 27.1 Å². The molecule has 0 saturated heterocycles. The second-order valence-electron chi connectivity index (χ2n) is 4.97. The van der Waals surface area contributed by atoms with E-state index in [1.165, 1.54) is 13.2 Å². The molecule has 0 aliphatic carbocycles. The Hall–Kier alpha value is -1.79. The number of aromatic hydroxyl groups is 1. The molecular weight excluding hydrogens is 428 g/mol. The number of hydrogen-bond acceptors (Lipinski definition) is 4. The Morgan fingerprint density at radius 1 is 1.26 bits per heavy atom. The third-order valence-electron chi connectivity index (χ3n) is 3.49. The van der Waals surface area contributed by atoms with Gasteiger partial charge in [0.1, 0.15) is 12.4 Å². The number of ketones is 1. The van der Waals surface area contributed by atoms with E-state index in [9.17, 15) is 9.90 Å². The van der Waals surface area contributed by atoms with Gasteiger partial charge in [-0.3, -0.25) is 4.79 Å². The first-order valence-corrected chi connectivity index (χ1v) is 8.32. The minimum absolute atomic E-state index is 0.0296. The molecular formula is C17H12Br2O4. The molecule has 0 amide bonds. The van der Waals surface area contributed by atoms with Crippen molar-refractivity contribution in [3.63, 3.8) is 0 Å². The van der Waals surface area contributed by atoms with E-state index in [2.05, 4.69) is 31.9 Å². The van der Waals surface area contributed by atoms with Crippen molar-refractivity contribution < 1.29 is 19.4 Å². The molecule has 1 aliphatic heterocycles. The number of Topliss-reactive ketones (excluding diaryl/α,β-unsaturated/α-hetero) is 1. The minimum atomic E-state index is -0.0773. The highest BCUT2D eigenvalue weighted by atomic mass is 79.9. The molecule has 1 heterocycles. The number of ether oxygens (including phenoxy) is 2. The molecule has 0 fully saturated rings. The molecule has 3 rings (SSSR count). The van der Waals surface area contributed by atoms with Crippen molar-refractivity contribution in [2.75, 3.05) is 13.7 Å². The summed E-state index contributed by atoms with van der Waals surface area (Å²) in [6.45, 7) is 0.198. The summed E-state index contributed by atoms with van der Waals surface area (Å²) >= 11 is 6.74. The van der Waals surface area contributed by atoms with Gasteiger partial charge in [-0.15, -0.1) is 0 Å². The van der Waals surface area contributed by atoms with E-state index >= 15 is 0 Å². The molecule has 0 bridgehead atoms. The van der Waals surface area contributed by atoms with Crippen molar-refractivity contribution in [2.45, 2.75) is 0 Å². The van der Waals surface area contributed by atoms with E-state index in [4.69, 9.17) is 9.47 Å². The lowest BCUT2D eigenvalue weighted by molar-refractivity contribution is 0.100. The van der Waals surface area contributed by atoms with Gasteiger partial charge in [0.2, 0.25) is 0 Å². The van der Waals surface area contributed by atoms with Gasteiger partial charge < -0.3 is 14.6 Å². The maximum atomic E-state index is 12.6. The van der Waals surface area contributed by atoms with Gasteiger partial charge in [-0.2, -0.15) is 0 Å². The van der Waals surface area contributed by atoms with E-state index in [1.807, 2.05) is 6.07 Å². The van der Waals surface area contributed by atoms with Gasteiger partial charge in [-0.1, -0.05) is 31.9 Å². The highest BCUT2D eigenvalue weighted by Crippen LogP contribution is 2.35. The molecule has 6 heteroatoms. The van der Waals surface area contributed by atoms with Crippen LogP contribution in [0.2, 0.25) is 0 Å². The highest BCUT2D eigenvalue weighted by Gasteiger charge is 2.24. The van der Waals surface area contributed by atoms with Crippen molar-refractivity contribution >= 4 is 43.7 Å². The van der Waals surface area contributed by atoms with Crippen molar-refractivity contribution in [2.24, 2.45) is 0 Å². The molecule has 0 unspecified atom stereocenters. The minimum Gasteiger partial charge on any atom is -0.504 e. The number of hydrogen-bond donors (Lipinski definition) is 1. The number of fused-ring (bicyclic) bond motifs is 1. The van der Waals surface area contributed by atoms with Crippen LogP contribution in [0, 0.1) is 0 Å². The number of methoxy groups -OCH3 is 1. The first-order valence-electron chi connectivity index (χ1n) is 6.73. The van der Waals surface area contributed by atoms with E-state index in [-0.39, 0.29) is 18.1 Å². The Balaban J connectivity index is 2.03. The van der Waals surface area contributed by atoms with Crippen LogP contribution in [0.4, 0.5) is 0 Å². The number of phenolic OH excluding ortho intramolecular Hbond substituents is 1. The molecule has 23 heavy (non-hydrogen) atoms. The average molecular weight is 440 g/mol. The molecule has 2 aromatic rings. The summed E-state index contributed by atoms with van der Waals surface area (Å²) in [6.07, 6.45) is 1.73. The molecule has 1 N–H and O–H groups in total. The quantitative estimate of drug-likeness (QED) is 0.695. The van der Waals surface area contributed by atoms with Crippen LogP contribution in [0.5, 0.6) is 17.2 Å². The Kier molecular flexibility index (Phi) is 4.46. The maximum absolute atomic E-state index is 12.6. The van der Waals surface area contributed by atoms with Gasteiger partial charge in [0, 0.05) is 14.5 Å². The fraction of sp³-hybridized carbons (Fsp3) is 0.118. The largest absolute Gasteiger partial charge is 0.504 e. The molecule has 2 aromatic carbocycles. The zero-order valence-electron chi connectivity index (χ0n) is 12.1.